The van der Waals surface area contributed by atoms with Crippen molar-refractivity contribution in [2.24, 2.45) is 7.05 Å². The number of hydrogen-bond donors (Lipinski definition) is 2. The van der Waals surface area contributed by atoms with Gasteiger partial charge >= 0.3 is 0 Å². The summed E-state index contributed by atoms with van der Waals surface area (Å²) < 4.78 is 1.79. The smallest absolute Gasteiger partial charge is 0.223 e. The van der Waals surface area contributed by atoms with Gasteiger partial charge in [-0.2, -0.15) is 5.10 Å². The Morgan fingerprint density at radius 2 is 2.04 bits per heavy atom. The van der Waals surface area contributed by atoms with Crippen molar-refractivity contribution in [3.63, 3.8) is 0 Å². The van der Waals surface area contributed by atoms with Gasteiger partial charge in [0.05, 0.1) is 22.4 Å². The van der Waals surface area contributed by atoms with E-state index in [1.165, 1.54) is 0 Å². The lowest BCUT2D eigenvalue weighted by Gasteiger charge is -2.05. The second-order valence-electron chi connectivity index (χ2n) is 5.94. The van der Waals surface area contributed by atoms with Gasteiger partial charge in [-0.1, -0.05) is 12.1 Å². The molecule has 0 atom stereocenters. The molecular formula is C18H19N7. The van der Waals surface area contributed by atoms with E-state index in [0.29, 0.717) is 12.5 Å². The van der Waals surface area contributed by atoms with E-state index in [9.17, 15) is 0 Å². The van der Waals surface area contributed by atoms with Crippen LogP contribution in [0.1, 0.15) is 11.5 Å². The van der Waals surface area contributed by atoms with Gasteiger partial charge < -0.3 is 10.3 Å². The minimum atomic E-state index is 0.608. The van der Waals surface area contributed by atoms with Crippen molar-refractivity contribution < 1.29 is 0 Å². The van der Waals surface area contributed by atoms with Crippen LogP contribution in [0.4, 0.5) is 5.95 Å². The number of nitrogens with one attached hydrogen (secondary N) is 2. The largest absolute Gasteiger partial charge is 0.354 e. The van der Waals surface area contributed by atoms with Gasteiger partial charge in [0.2, 0.25) is 5.95 Å². The van der Waals surface area contributed by atoms with Gasteiger partial charge in [0.15, 0.2) is 0 Å². The number of nitrogens with zero attached hydrogens (tertiary/aromatic N) is 5. The van der Waals surface area contributed by atoms with Gasteiger partial charge in [-0.3, -0.25) is 4.68 Å². The molecule has 0 saturated carbocycles. The summed E-state index contributed by atoms with van der Waals surface area (Å²) in [5.41, 5.74) is 4.89. The van der Waals surface area contributed by atoms with Gasteiger partial charge in [-0.25, -0.2) is 15.0 Å². The van der Waals surface area contributed by atoms with Crippen LogP contribution in [0.15, 0.2) is 42.7 Å². The van der Waals surface area contributed by atoms with Crippen molar-refractivity contribution in [2.75, 3.05) is 11.9 Å². The van der Waals surface area contributed by atoms with E-state index in [1.807, 2.05) is 50.5 Å². The summed E-state index contributed by atoms with van der Waals surface area (Å²) in [5, 5.41) is 7.63. The predicted octanol–water partition coefficient (Wildman–Crippen LogP) is 2.72. The molecule has 0 fully saturated rings. The normalized spacial score (nSPS) is 11.1. The van der Waals surface area contributed by atoms with Crippen molar-refractivity contribution in [3.05, 3.63) is 54.2 Å². The molecule has 0 aliphatic rings. The van der Waals surface area contributed by atoms with Gasteiger partial charge in [0.25, 0.3) is 0 Å². The third-order valence-electron chi connectivity index (χ3n) is 4.03. The lowest BCUT2D eigenvalue weighted by Crippen LogP contribution is -2.09. The highest BCUT2D eigenvalue weighted by Gasteiger charge is 2.09. The minimum absolute atomic E-state index is 0.608. The summed E-state index contributed by atoms with van der Waals surface area (Å²) in [7, 11) is 1.91. The Labute approximate surface area is 145 Å². The fraction of sp³-hybridized carbons (Fsp3) is 0.222. The van der Waals surface area contributed by atoms with Crippen LogP contribution >= 0.6 is 0 Å². The van der Waals surface area contributed by atoms with E-state index in [1.54, 1.807) is 10.9 Å². The number of hydrogen-bond acceptors (Lipinski definition) is 5. The van der Waals surface area contributed by atoms with Crippen LogP contribution in [0.3, 0.4) is 0 Å². The number of para-hydroxylation sites is 2. The van der Waals surface area contributed by atoms with E-state index in [2.05, 4.69) is 30.4 Å². The summed E-state index contributed by atoms with van der Waals surface area (Å²) in [6, 6.07) is 9.93. The van der Waals surface area contributed by atoms with Crippen LogP contribution in [0.2, 0.25) is 0 Å². The van der Waals surface area contributed by atoms with Crippen molar-refractivity contribution >= 4 is 17.0 Å². The Hall–Kier alpha value is -3.22. The van der Waals surface area contributed by atoms with Crippen LogP contribution in [-0.2, 0) is 13.5 Å². The summed E-state index contributed by atoms with van der Waals surface area (Å²) in [6.45, 7) is 2.68. The average Bonchev–Trinajstić information content (AvgIpc) is 3.17. The molecule has 2 N–H and O–H groups in total. The van der Waals surface area contributed by atoms with E-state index in [0.717, 1.165) is 40.2 Å². The average molecular weight is 333 g/mol. The topological polar surface area (TPSA) is 84.3 Å². The molecule has 0 aliphatic heterocycles. The van der Waals surface area contributed by atoms with E-state index in [4.69, 9.17) is 0 Å². The van der Waals surface area contributed by atoms with Crippen LogP contribution in [-0.4, -0.2) is 36.3 Å². The first-order valence-corrected chi connectivity index (χ1v) is 8.20. The number of imidazole rings is 1. The number of anilines is 1. The summed E-state index contributed by atoms with van der Waals surface area (Å²) >= 11 is 0. The van der Waals surface area contributed by atoms with Crippen LogP contribution in [0.5, 0.6) is 0 Å². The Morgan fingerprint density at radius 3 is 2.84 bits per heavy atom. The Kier molecular flexibility index (Phi) is 3.89. The highest BCUT2D eigenvalue weighted by molar-refractivity contribution is 5.74. The van der Waals surface area contributed by atoms with Gasteiger partial charge in [-0.05, 0) is 25.1 Å². The van der Waals surface area contributed by atoms with Gasteiger partial charge in [0, 0.05) is 38.0 Å². The maximum absolute atomic E-state index is 4.58. The molecule has 0 saturated heterocycles. The molecule has 1 aromatic carbocycles. The number of rotatable bonds is 5. The second-order valence-corrected chi connectivity index (χ2v) is 5.94. The lowest BCUT2D eigenvalue weighted by atomic mass is 10.2. The van der Waals surface area contributed by atoms with Crippen molar-refractivity contribution in [3.8, 4) is 11.3 Å². The highest BCUT2D eigenvalue weighted by atomic mass is 15.3. The van der Waals surface area contributed by atoms with Gasteiger partial charge in [0.1, 0.15) is 5.82 Å². The third-order valence-corrected chi connectivity index (χ3v) is 4.03. The molecule has 7 nitrogen and oxygen atoms in total. The predicted molar refractivity (Wildman–Crippen MR) is 97.3 cm³/mol. The molecule has 0 spiro atoms. The minimum Gasteiger partial charge on any atom is -0.354 e. The number of aromatic amines is 1. The lowest BCUT2D eigenvalue weighted by molar-refractivity contribution is 0.756. The molecule has 126 valence electrons. The molecule has 0 aliphatic carbocycles. The first kappa shape index (κ1) is 15.3. The zero-order valence-electron chi connectivity index (χ0n) is 14.2. The summed E-state index contributed by atoms with van der Waals surface area (Å²) in [6.07, 6.45) is 4.50. The van der Waals surface area contributed by atoms with E-state index < -0.39 is 0 Å². The van der Waals surface area contributed by atoms with Gasteiger partial charge in [-0.15, -0.1) is 0 Å². The number of fused-ring (bicyclic) bond motifs is 1. The van der Waals surface area contributed by atoms with E-state index in [-0.39, 0.29) is 0 Å². The molecule has 0 unspecified atom stereocenters. The molecule has 0 bridgehead atoms. The fourth-order valence-electron chi connectivity index (χ4n) is 2.86. The fourth-order valence-corrected chi connectivity index (χ4v) is 2.86. The van der Waals surface area contributed by atoms with Crippen molar-refractivity contribution in [2.45, 2.75) is 13.3 Å². The standard InChI is InChI=1S/C18H19N7/c1-12-13(11-25(2)24-12)14-7-9-19-18(23-14)20-10-8-17-21-15-5-3-4-6-16(15)22-17/h3-7,9,11H,8,10H2,1-2H3,(H,21,22)(H,19,20,23). The van der Waals surface area contributed by atoms with E-state index >= 15 is 0 Å². The Balaban J connectivity index is 1.44. The van der Waals surface area contributed by atoms with Crippen molar-refractivity contribution in [1.29, 1.82) is 0 Å². The Morgan fingerprint density at radius 1 is 1.16 bits per heavy atom. The first-order valence-electron chi connectivity index (χ1n) is 8.20. The molecule has 7 heteroatoms. The third kappa shape index (κ3) is 3.21. The summed E-state index contributed by atoms with van der Waals surface area (Å²) in [5.74, 6) is 1.56. The molecular weight excluding hydrogens is 314 g/mol. The maximum Gasteiger partial charge on any atom is 0.223 e. The van der Waals surface area contributed by atoms with Crippen LogP contribution in [0, 0.1) is 6.92 Å². The zero-order valence-corrected chi connectivity index (χ0v) is 14.2. The number of aryl methyl sites for hydroxylation is 2. The summed E-state index contributed by atoms with van der Waals surface area (Å²) in [4.78, 5) is 16.8. The number of benzene rings is 1. The monoisotopic (exact) mass is 333 g/mol. The molecule has 3 aromatic heterocycles. The Bertz CT molecular complexity index is 982. The number of H-pyrrole nitrogens is 1. The molecule has 3 heterocycles. The molecule has 0 amide bonds. The SMILES string of the molecule is Cc1nn(C)cc1-c1ccnc(NCCc2nc3ccccc3[nH]2)n1. The molecule has 25 heavy (non-hydrogen) atoms. The molecule has 4 rings (SSSR count). The highest BCUT2D eigenvalue weighted by Crippen LogP contribution is 2.20. The van der Waals surface area contributed by atoms with Crippen LogP contribution < -0.4 is 5.32 Å². The van der Waals surface area contributed by atoms with Crippen LogP contribution in [0.25, 0.3) is 22.3 Å². The second kappa shape index (κ2) is 6.35. The molecule has 4 aromatic rings. The number of aromatic nitrogens is 6. The zero-order chi connectivity index (χ0) is 17.2. The van der Waals surface area contributed by atoms with Crippen molar-refractivity contribution in [1.82, 2.24) is 29.7 Å². The molecule has 0 radical (unpaired) electrons. The first-order chi connectivity index (χ1) is 12.2. The maximum atomic E-state index is 4.58. The quantitative estimate of drug-likeness (QED) is 0.587.